The monoisotopic (exact) mass is 469 g/mol. The highest BCUT2D eigenvalue weighted by Crippen LogP contribution is 2.47. The quantitative estimate of drug-likeness (QED) is 0.429. The van der Waals surface area contributed by atoms with Gasteiger partial charge in [-0.1, -0.05) is 63.4 Å². The highest BCUT2D eigenvalue weighted by molar-refractivity contribution is 9.10. The van der Waals surface area contributed by atoms with E-state index in [9.17, 15) is 9.90 Å². The van der Waals surface area contributed by atoms with Crippen LogP contribution in [0.5, 0.6) is 0 Å². The number of carboxylic acids is 1. The van der Waals surface area contributed by atoms with Gasteiger partial charge in [0.1, 0.15) is 0 Å². The lowest BCUT2D eigenvalue weighted by molar-refractivity contribution is 0.0697. The van der Waals surface area contributed by atoms with Crippen molar-refractivity contribution in [1.29, 1.82) is 0 Å². The number of aromatic carboxylic acids is 1. The summed E-state index contributed by atoms with van der Waals surface area (Å²) in [5.74, 6) is -0.868. The second-order valence-corrected chi connectivity index (χ2v) is 8.98. The standard InChI is InChI=1S/C24H21BrClNO2/c1-13-6-7-14(2)18(8-13)19-12-22(15-4-3-5-17(26)9-15)27-23-20(19)10-16(25)11-21(23)24(28)29/h3-11,19,22,27H,12H2,1-2H3,(H,28,29)/t19-,22+/m1/s1. The number of halogens is 2. The highest BCUT2D eigenvalue weighted by atomic mass is 79.9. The Labute approximate surface area is 183 Å². The fraction of sp³-hybridized carbons (Fsp3) is 0.208. The van der Waals surface area contributed by atoms with E-state index < -0.39 is 5.97 Å². The van der Waals surface area contributed by atoms with Crippen molar-refractivity contribution in [2.75, 3.05) is 5.32 Å². The van der Waals surface area contributed by atoms with Crippen molar-refractivity contribution in [3.63, 3.8) is 0 Å². The fourth-order valence-electron chi connectivity index (χ4n) is 4.20. The minimum Gasteiger partial charge on any atom is -0.478 e. The minimum absolute atomic E-state index is 0.0367. The number of hydrogen-bond acceptors (Lipinski definition) is 2. The van der Waals surface area contributed by atoms with E-state index in [1.54, 1.807) is 6.07 Å². The molecule has 1 aliphatic heterocycles. The second kappa shape index (κ2) is 7.85. The van der Waals surface area contributed by atoms with Crippen LogP contribution in [0.1, 0.15) is 56.6 Å². The smallest absolute Gasteiger partial charge is 0.337 e. The molecule has 1 aliphatic rings. The molecule has 0 radical (unpaired) electrons. The third-order valence-electron chi connectivity index (χ3n) is 5.59. The van der Waals surface area contributed by atoms with Crippen molar-refractivity contribution in [3.8, 4) is 0 Å². The van der Waals surface area contributed by atoms with Crippen LogP contribution in [0.15, 0.2) is 59.1 Å². The van der Waals surface area contributed by atoms with E-state index in [0.717, 1.165) is 22.0 Å². The van der Waals surface area contributed by atoms with Gasteiger partial charge in [0.05, 0.1) is 17.3 Å². The number of carbonyl (C=O) groups is 1. The molecule has 5 heteroatoms. The van der Waals surface area contributed by atoms with Gasteiger partial charge in [-0.25, -0.2) is 4.79 Å². The molecule has 0 amide bonds. The second-order valence-electron chi connectivity index (χ2n) is 7.62. The van der Waals surface area contributed by atoms with Crippen molar-refractivity contribution in [2.45, 2.75) is 32.2 Å². The molecular weight excluding hydrogens is 450 g/mol. The van der Waals surface area contributed by atoms with E-state index in [2.05, 4.69) is 53.3 Å². The molecule has 1 heterocycles. The van der Waals surface area contributed by atoms with Gasteiger partial charge in [-0.15, -0.1) is 0 Å². The molecule has 0 spiro atoms. The molecular formula is C24H21BrClNO2. The van der Waals surface area contributed by atoms with Crippen LogP contribution in [0.3, 0.4) is 0 Å². The van der Waals surface area contributed by atoms with Crippen LogP contribution in [-0.4, -0.2) is 11.1 Å². The van der Waals surface area contributed by atoms with Crippen LogP contribution in [0.2, 0.25) is 5.02 Å². The summed E-state index contributed by atoms with van der Waals surface area (Å²) in [6.45, 7) is 4.20. The highest BCUT2D eigenvalue weighted by Gasteiger charge is 2.32. The molecule has 3 aromatic carbocycles. The zero-order chi connectivity index (χ0) is 20.7. The number of aryl methyl sites for hydroxylation is 2. The van der Waals surface area contributed by atoms with Gasteiger partial charge in [0, 0.05) is 15.4 Å². The summed E-state index contributed by atoms with van der Waals surface area (Å²) in [5, 5.41) is 14.0. The molecule has 3 aromatic rings. The first kappa shape index (κ1) is 20.0. The Kier molecular flexibility index (Phi) is 5.41. The van der Waals surface area contributed by atoms with E-state index >= 15 is 0 Å². The van der Waals surface area contributed by atoms with Crippen LogP contribution in [-0.2, 0) is 0 Å². The summed E-state index contributed by atoms with van der Waals surface area (Å²) >= 11 is 9.74. The zero-order valence-electron chi connectivity index (χ0n) is 16.2. The zero-order valence-corrected chi connectivity index (χ0v) is 18.5. The number of hydrogen-bond donors (Lipinski definition) is 2. The van der Waals surface area contributed by atoms with Gasteiger partial charge in [-0.3, -0.25) is 0 Å². The van der Waals surface area contributed by atoms with Crippen molar-refractivity contribution in [1.82, 2.24) is 0 Å². The largest absolute Gasteiger partial charge is 0.478 e. The molecule has 2 N–H and O–H groups in total. The van der Waals surface area contributed by atoms with Crippen LogP contribution in [0.25, 0.3) is 0 Å². The number of anilines is 1. The average molecular weight is 471 g/mol. The molecule has 0 saturated carbocycles. The van der Waals surface area contributed by atoms with Crippen molar-refractivity contribution in [3.05, 3.63) is 97.5 Å². The predicted octanol–water partition coefficient (Wildman–Crippen LogP) is 7.11. The molecule has 4 rings (SSSR count). The molecule has 2 atom stereocenters. The number of benzene rings is 3. The topological polar surface area (TPSA) is 49.3 Å². The maximum atomic E-state index is 12.0. The van der Waals surface area contributed by atoms with Gasteiger partial charge in [0.15, 0.2) is 0 Å². The summed E-state index contributed by atoms with van der Waals surface area (Å²) in [6.07, 6.45) is 0.813. The summed E-state index contributed by atoms with van der Waals surface area (Å²) in [4.78, 5) is 12.0. The summed E-state index contributed by atoms with van der Waals surface area (Å²) in [6, 6.07) is 17.9. The van der Waals surface area contributed by atoms with Gasteiger partial charge in [-0.2, -0.15) is 0 Å². The van der Waals surface area contributed by atoms with Gasteiger partial charge in [0.2, 0.25) is 0 Å². The van der Waals surface area contributed by atoms with Crippen molar-refractivity contribution >= 4 is 39.2 Å². The van der Waals surface area contributed by atoms with Gasteiger partial charge < -0.3 is 10.4 Å². The maximum Gasteiger partial charge on any atom is 0.337 e. The lowest BCUT2D eigenvalue weighted by atomic mass is 9.77. The van der Waals surface area contributed by atoms with E-state index in [4.69, 9.17) is 11.6 Å². The predicted molar refractivity (Wildman–Crippen MR) is 121 cm³/mol. The SMILES string of the molecule is Cc1ccc(C)c([C@H]2C[C@@H](c3cccc(Cl)c3)Nc3c(C(=O)O)cc(Br)cc32)c1. The van der Waals surface area contributed by atoms with Gasteiger partial charge in [-0.05, 0) is 66.8 Å². The number of carboxylic acid groups (broad SMARTS) is 1. The first-order chi connectivity index (χ1) is 13.8. The van der Waals surface area contributed by atoms with E-state index in [0.29, 0.717) is 10.7 Å². The average Bonchev–Trinajstić information content (AvgIpc) is 2.68. The Hall–Kier alpha value is -2.30. The molecule has 0 unspecified atom stereocenters. The van der Waals surface area contributed by atoms with E-state index in [1.165, 1.54) is 16.7 Å². The van der Waals surface area contributed by atoms with E-state index in [-0.39, 0.29) is 17.5 Å². The molecule has 0 bridgehead atoms. The Morgan fingerprint density at radius 2 is 1.90 bits per heavy atom. The number of nitrogens with one attached hydrogen (secondary N) is 1. The van der Waals surface area contributed by atoms with Gasteiger partial charge in [0.25, 0.3) is 0 Å². The molecule has 0 aliphatic carbocycles. The Morgan fingerprint density at radius 3 is 2.62 bits per heavy atom. The first-order valence-corrected chi connectivity index (χ1v) is 10.7. The van der Waals surface area contributed by atoms with Crippen LogP contribution in [0.4, 0.5) is 5.69 Å². The molecule has 0 fully saturated rings. The van der Waals surface area contributed by atoms with Crippen molar-refractivity contribution < 1.29 is 9.90 Å². The summed E-state index contributed by atoms with van der Waals surface area (Å²) < 4.78 is 0.770. The molecule has 0 aromatic heterocycles. The summed E-state index contributed by atoms with van der Waals surface area (Å²) in [7, 11) is 0. The third-order valence-corrected chi connectivity index (χ3v) is 6.28. The minimum atomic E-state index is -0.943. The lowest BCUT2D eigenvalue weighted by Gasteiger charge is -2.35. The normalized spacial score (nSPS) is 18.1. The Bertz CT molecular complexity index is 1110. The maximum absolute atomic E-state index is 12.0. The third kappa shape index (κ3) is 3.92. The lowest BCUT2D eigenvalue weighted by Crippen LogP contribution is -2.25. The van der Waals surface area contributed by atoms with E-state index in [1.807, 2.05) is 30.3 Å². The Morgan fingerprint density at radius 1 is 1.10 bits per heavy atom. The van der Waals surface area contributed by atoms with Crippen LogP contribution in [0, 0.1) is 13.8 Å². The van der Waals surface area contributed by atoms with Crippen LogP contribution >= 0.6 is 27.5 Å². The molecule has 29 heavy (non-hydrogen) atoms. The van der Waals surface area contributed by atoms with Crippen molar-refractivity contribution in [2.24, 2.45) is 0 Å². The molecule has 3 nitrogen and oxygen atoms in total. The number of rotatable bonds is 3. The van der Waals surface area contributed by atoms with Gasteiger partial charge >= 0.3 is 5.97 Å². The fourth-order valence-corrected chi connectivity index (χ4v) is 4.88. The molecule has 0 saturated heterocycles. The first-order valence-electron chi connectivity index (χ1n) is 9.49. The Balaban J connectivity index is 1.93. The van der Waals surface area contributed by atoms with Crippen LogP contribution < -0.4 is 5.32 Å². The summed E-state index contributed by atoms with van der Waals surface area (Å²) in [5.41, 5.74) is 6.64. The number of fused-ring (bicyclic) bond motifs is 1. The molecule has 148 valence electrons.